The number of hydrogen-bond donors (Lipinski definition) is 2. The van der Waals surface area contributed by atoms with Crippen molar-refractivity contribution >= 4 is 55.1 Å². The first-order valence-corrected chi connectivity index (χ1v) is 15.7. The van der Waals surface area contributed by atoms with Gasteiger partial charge in [0.2, 0.25) is 4.34 Å². The fourth-order valence-electron chi connectivity index (χ4n) is 3.67. The minimum atomic E-state index is -3.90. The SMILES string of the molecule is NS(=O)(=O)c1nc2cc(OCc3cn(CC(=O)C[C@@H](CSCc4cccc(OCCF)c4)C(=O)O)nn3)ccc2s1. The largest absolute Gasteiger partial charge is 0.491 e. The van der Waals surface area contributed by atoms with Gasteiger partial charge < -0.3 is 14.6 Å². The molecule has 0 spiro atoms. The average molecular weight is 624 g/mol. The van der Waals surface area contributed by atoms with E-state index in [1.54, 1.807) is 36.4 Å². The topological polar surface area (TPSA) is 177 Å². The number of rotatable bonds is 16. The van der Waals surface area contributed by atoms with Gasteiger partial charge in [-0.3, -0.25) is 9.59 Å². The third-order valence-corrected chi connectivity index (χ3v) is 9.08. The molecule has 0 saturated carbocycles. The molecule has 1 atom stereocenters. The zero-order valence-electron chi connectivity index (χ0n) is 21.5. The van der Waals surface area contributed by atoms with E-state index in [9.17, 15) is 27.5 Å². The van der Waals surface area contributed by atoms with Gasteiger partial charge in [0, 0.05) is 24.0 Å². The van der Waals surface area contributed by atoms with Crippen LogP contribution in [0.2, 0.25) is 0 Å². The lowest BCUT2D eigenvalue weighted by molar-refractivity contribution is -0.143. The molecule has 4 rings (SSSR count). The number of primary sulfonamides is 1. The van der Waals surface area contributed by atoms with Crippen LogP contribution in [0.25, 0.3) is 10.2 Å². The van der Waals surface area contributed by atoms with E-state index in [0.717, 1.165) is 16.9 Å². The number of thiazole rings is 1. The molecule has 0 aliphatic carbocycles. The zero-order chi connectivity index (χ0) is 29.4. The molecule has 4 aromatic rings. The Balaban J connectivity index is 1.25. The summed E-state index contributed by atoms with van der Waals surface area (Å²) >= 11 is 2.34. The molecule has 0 aliphatic heterocycles. The average Bonchev–Trinajstić information content (AvgIpc) is 3.57. The molecule has 2 aromatic heterocycles. The van der Waals surface area contributed by atoms with Crippen LogP contribution in [0.1, 0.15) is 17.7 Å². The monoisotopic (exact) mass is 623 g/mol. The number of nitrogens with two attached hydrogens (primary N) is 1. The predicted octanol–water partition coefficient (Wildman–Crippen LogP) is 3.06. The van der Waals surface area contributed by atoms with E-state index in [4.69, 9.17) is 14.6 Å². The summed E-state index contributed by atoms with van der Waals surface area (Å²) in [5, 5.41) is 22.6. The number of ether oxygens (including phenoxy) is 2. The molecule has 0 bridgehead atoms. The van der Waals surface area contributed by atoms with Crippen molar-refractivity contribution in [2.75, 3.05) is 19.0 Å². The Kier molecular flexibility index (Phi) is 10.3. The number of carboxylic acids is 1. The molecule has 0 unspecified atom stereocenters. The molecule has 0 amide bonds. The van der Waals surface area contributed by atoms with E-state index in [1.807, 2.05) is 6.07 Å². The van der Waals surface area contributed by atoms with Crippen LogP contribution in [-0.4, -0.2) is 64.3 Å². The molecule has 16 heteroatoms. The van der Waals surface area contributed by atoms with E-state index in [1.165, 1.54) is 22.6 Å². The van der Waals surface area contributed by atoms with Gasteiger partial charge in [-0.1, -0.05) is 17.3 Å². The van der Waals surface area contributed by atoms with E-state index in [2.05, 4.69) is 15.3 Å². The number of carboxylic acid groups (broad SMARTS) is 1. The maximum atomic E-state index is 12.6. The maximum absolute atomic E-state index is 12.6. The number of halogens is 1. The molecule has 12 nitrogen and oxygen atoms in total. The summed E-state index contributed by atoms with van der Waals surface area (Å²) in [4.78, 5) is 28.4. The highest BCUT2D eigenvalue weighted by Crippen LogP contribution is 2.28. The quantitative estimate of drug-likeness (QED) is 0.188. The van der Waals surface area contributed by atoms with Crippen molar-refractivity contribution in [3.05, 3.63) is 59.9 Å². The minimum Gasteiger partial charge on any atom is -0.491 e. The predicted molar refractivity (Wildman–Crippen MR) is 150 cm³/mol. The van der Waals surface area contributed by atoms with Crippen molar-refractivity contribution in [3.63, 3.8) is 0 Å². The van der Waals surface area contributed by atoms with Crippen LogP contribution >= 0.6 is 23.1 Å². The highest BCUT2D eigenvalue weighted by molar-refractivity contribution is 7.98. The van der Waals surface area contributed by atoms with Gasteiger partial charge in [-0.05, 0) is 29.8 Å². The fraction of sp³-hybridized carbons (Fsp3) is 0.320. The van der Waals surface area contributed by atoms with Gasteiger partial charge in [-0.15, -0.1) is 16.4 Å². The van der Waals surface area contributed by atoms with Crippen molar-refractivity contribution in [2.24, 2.45) is 11.1 Å². The number of aliphatic carboxylic acids is 1. The second-order valence-electron chi connectivity index (χ2n) is 8.83. The summed E-state index contributed by atoms with van der Waals surface area (Å²) in [7, 11) is -3.90. The first-order valence-electron chi connectivity index (χ1n) is 12.2. The van der Waals surface area contributed by atoms with Crippen molar-refractivity contribution in [1.29, 1.82) is 0 Å². The van der Waals surface area contributed by atoms with Crippen LogP contribution in [0.15, 0.2) is 53.0 Å². The highest BCUT2D eigenvalue weighted by atomic mass is 32.2. The molecule has 0 fully saturated rings. The number of aromatic nitrogens is 4. The number of thioether (sulfide) groups is 1. The molecule has 2 heterocycles. The molecular weight excluding hydrogens is 598 g/mol. The summed E-state index contributed by atoms with van der Waals surface area (Å²) in [6, 6.07) is 12.0. The van der Waals surface area contributed by atoms with Crippen molar-refractivity contribution < 1.29 is 37.0 Å². The number of Topliss-reactive ketones (excluding diaryl/α,β-unsaturated/α-hetero) is 1. The Hall–Kier alpha value is -3.60. The smallest absolute Gasteiger partial charge is 0.307 e. The summed E-state index contributed by atoms with van der Waals surface area (Å²) < 4.78 is 48.1. The van der Waals surface area contributed by atoms with Crippen LogP contribution < -0.4 is 14.6 Å². The van der Waals surface area contributed by atoms with Gasteiger partial charge in [0.1, 0.15) is 43.6 Å². The number of fused-ring (bicyclic) bond motifs is 1. The minimum absolute atomic E-state index is 0.0281. The molecule has 0 aliphatic rings. The van der Waals surface area contributed by atoms with E-state index < -0.39 is 28.6 Å². The molecular formula is C25H26FN5O7S3. The molecule has 0 radical (unpaired) electrons. The molecule has 41 heavy (non-hydrogen) atoms. The van der Waals surface area contributed by atoms with Crippen LogP contribution in [0.3, 0.4) is 0 Å². The third kappa shape index (κ3) is 8.94. The lowest BCUT2D eigenvalue weighted by atomic mass is 10.1. The number of hydrogen-bond acceptors (Lipinski definition) is 11. The summed E-state index contributed by atoms with van der Waals surface area (Å²) in [6.45, 7) is -0.734. The van der Waals surface area contributed by atoms with Crippen molar-refractivity contribution in [1.82, 2.24) is 20.0 Å². The standard InChI is InChI=1S/C25H26FN5O7S3/c26-6-7-37-20-3-1-2-16(8-20)14-39-15-17(24(33)34)9-19(32)12-31-11-18(29-30-31)13-38-21-4-5-23-22(10-21)28-25(40-23)41(27,35)36/h1-5,8,10-11,17H,6-7,9,12-15H2,(H,33,34)(H2,27,35,36)/t17-/m0/s1. The molecule has 218 valence electrons. The number of nitrogens with zero attached hydrogens (tertiary/aromatic N) is 4. The first kappa shape index (κ1) is 30.4. The fourth-order valence-corrected chi connectivity index (χ4v) is 6.39. The third-order valence-electron chi connectivity index (χ3n) is 5.55. The molecule has 0 saturated heterocycles. The second-order valence-corrected chi connectivity index (χ2v) is 12.6. The van der Waals surface area contributed by atoms with Gasteiger partial charge in [-0.25, -0.2) is 27.6 Å². The van der Waals surface area contributed by atoms with Crippen molar-refractivity contribution in [3.8, 4) is 11.5 Å². The van der Waals surface area contributed by atoms with Crippen LogP contribution in [0.5, 0.6) is 11.5 Å². The Morgan fingerprint density at radius 3 is 2.73 bits per heavy atom. The van der Waals surface area contributed by atoms with Crippen LogP contribution in [0, 0.1) is 5.92 Å². The Labute approximate surface area is 242 Å². The number of carbonyl (C=O) groups is 2. The van der Waals surface area contributed by atoms with Gasteiger partial charge in [0.25, 0.3) is 10.0 Å². The van der Waals surface area contributed by atoms with Gasteiger partial charge >= 0.3 is 5.97 Å². The first-order chi connectivity index (χ1) is 19.6. The Morgan fingerprint density at radius 1 is 1.17 bits per heavy atom. The number of benzene rings is 2. The summed E-state index contributed by atoms with van der Waals surface area (Å²) in [5.41, 5.74) is 1.76. The number of alkyl halides is 1. The summed E-state index contributed by atoms with van der Waals surface area (Å²) in [5.74, 6) is -0.531. The number of ketones is 1. The second kappa shape index (κ2) is 13.8. The molecule has 2 aromatic carbocycles. The zero-order valence-corrected chi connectivity index (χ0v) is 24.0. The Bertz CT molecular complexity index is 1630. The van der Waals surface area contributed by atoms with Gasteiger partial charge in [0.15, 0.2) is 5.78 Å². The van der Waals surface area contributed by atoms with Crippen LogP contribution in [-0.2, 0) is 38.5 Å². The lowest BCUT2D eigenvalue weighted by Gasteiger charge is -2.12. The number of sulfonamides is 1. The van der Waals surface area contributed by atoms with Crippen molar-refractivity contribution in [2.45, 2.75) is 29.7 Å². The lowest BCUT2D eigenvalue weighted by Crippen LogP contribution is -2.23. The van der Waals surface area contributed by atoms with Gasteiger partial charge in [-0.2, -0.15) is 11.8 Å². The van der Waals surface area contributed by atoms with E-state index in [-0.39, 0.29) is 42.1 Å². The van der Waals surface area contributed by atoms with E-state index >= 15 is 0 Å². The summed E-state index contributed by atoms with van der Waals surface area (Å²) in [6.07, 6.45) is 1.36. The Morgan fingerprint density at radius 2 is 1.98 bits per heavy atom. The number of carbonyl (C=O) groups excluding carboxylic acids is 1. The van der Waals surface area contributed by atoms with Crippen LogP contribution in [0.4, 0.5) is 4.39 Å². The maximum Gasteiger partial charge on any atom is 0.307 e. The van der Waals surface area contributed by atoms with E-state index in [0.29, 0.717) is 33.2 Å². The highest BCUT2D eigenvalue weighted by Gasteiger charge is 2.22. The normalized spacial score (nSPS) is 12.3. The molecule has 3 N–H and O–H groups in total. The van der Waals surface area contributed by atoms with Gasteiger partial charge in [0.05, 0.1) is 22.3 Å².